The Morgan fingerprint density at radius 3 is 2.86 bits per heavy atom. The van der Waals surface area contributed by atoms with Crippen LogP contribution in [0.1, 0.15) is 12.5 Å². The minimum absolute atomic E-state index is 0.254. The topological polar surface area (TPSA) is 66.8 Å². The molecule has 0 aliphatic carbocycles. The van der Waals surface area contributed by atoms with Crippen molar-refractivity contribution < 1.29 is 19.4 Å². The molecule has 1 aromatic rings. The van der Waals surface area contributed by atoms with E-state index in [0.29, 0.717) is 10.7 Å². The number of carbonyl (C=O) groups is 2. The van der Waals surface area contributed by atoms with Gasteiger partial charge in [0.2, 0.25) is 0 Å². The summed E-state index contributed by atoms with van der Waals surface area (Å²) < 4.78 is 5.38. The quantitative estimate of drug-likeness (QED) is 0.678. The molecule has 1 aromatic carbocycles. The van der Waals surface area contributed by atoms with Crippen LogP contribution in [0.25, 0.3) is 6.08 Å². The zero-order valence-electron chi connectivity index (χ0n) is 11.4. The standard InChI is InChI=1S/C14H13NO4S2/c1-8(13(17)18)15-12(16)11(21-14(15)20)7-9-4-3-5-10(6-9)19-2/h3-8H,1-2H3,(H,17,18)/b11-7-. The maximum atomic E-state index is 12.3. The molecule has 1 amide bonds. The van der Waals surface area contributed by atoms with Crippen LogP contribution >= 0.6 is 24.0 Å². The van der Waals surface area contributed by atoms with Crippen molar-refractivity contribution >= 4 is 46.3 Å². The molecule has 1 fully saturated rings. The summed E-state index contributed by atoms with van der Waals surface area (Å²) in [6.45, 7) is 1.43. The number of methoxy groups -OCH3 is 1. The van der Waals surface area contributed by atoms with E-state index < -0.39 is 12.0 Å². The molecule has 0 aromatic heterocycles. The highest BCUT2D eigenvalue weighted by Crippen LogP contribution is 2.34. The molecule has 0 radical (unpaired) electrons. The molecule has 0 bridgehead atoms. The molecule has 2 rings (SSSR count). The normalized spacial score (nSPS) is 18.2. The summed E-state index contributed by atoms with van der Waals surface area (Å²) in [5.74, 6) is -0.796. The number of hydrogen-bond donors (Lipinski definition) is 1. The van der Waals surface area contributed by atoms with E-state index in [1.54, 1.807) is 25.3 Å². The van der Waals surface area contributed by atoms with Gasteiger partial charge in [0, 0.05) is 0 Å². The Kier molecular flexibility index (Phi) is 4.64. The first-order valence-electron chi connectivity index (χ1n) is 6.08. The molecular formula is C14H13NO4S2. The fourth-order valence-electron chi connectivity index (χ4n) is 1.81. The highest BCUT2D eigenvalue weighted by atomic mass is 32.2. The number of thioether (sulfide) groups is 1. The number of carbonyl (C=O) groups excluding carboxylic acids is 1. The number of amides is 1. The molecule has 1 saturated heterocycles. The number of carboxylic acid groups (broad SMARTS) is 1. The monoisotopic (exact) mass is 323 g/mol. The summed E-state index contributed by atoms with van der Waals surface area (Å²) in [6, 6.07) is 6.25. The van der Waals surface area contributed by atoms with Crippen molar-refractivity contribution in [2.45, 2.75) is 13.0 Å². The van der Waals surface area contributed by atoms with Gasteiger partial charge in [0.1, 0.15) is 16.1 Å². The largest absolute Gasteiger partial charge is 0.497 e. The number of rotatable bonds is 4. The van der Waals surface area contributed by atoms with E-state index in [9.17, 15) is 9.59 Å². The molecule has 1 aliphatic heterocycles. The number of ether oxygens (including phenoxy) is 1. The number of benzene rings is 1. The first-order valence-corrected chi connectivity index (χ1v) is 7.30. The van der Waals surface area contributed by atoms with Gasteiger partial charge < -0.3 is 9.84 Å². The van der Waals surface area contributed by atoms with Crippen LogP contribution in [0.3, 0.4) is 0 Å². The number of hydrogen-bond acceptors (Lipinski definition) is 5. The Labute approximate surface area is 131 Å². The van der Waals surface area contributed by atoms with Crippen LogP contribution in [-0.4, -0.2) is 39.4 Å². The SMILES string of the molecule is COc1cccc(/C=C2\SC(=S)N(C(C)C(=O)O)C2=O)c1. The summed E-state index contributed by atoms with van der Waals surface area (Å²) in [5, 5.41) is 9.02. The first kappa shape index (κ1) is 15.5. The predicted molar refractivity (Wildman–Crippen MR) is 85.1 cm³/mol. The van der Waals surface area contributed by atoms with Gasteiger partial charge in [0.05, 0.1) is 12.0 Å². The van der Waals surface area contributed by atoms with Crippen molar-refractivity contribution in [2.75, 3.05) is 7.11 Å². The molecule has 0 saturated carbocycles. The molecule has 1 atom stereocenters. The molecule has 1 N–H and O–H groups in total. The van der Waals surface area contributed by atoms with E-state index in [4.69, 9.17) is 22.1 Å². The van der Waals surface area contributed by atoms with Crippen LogP contribution < -0.4 is 4.74 Å². The number of aliphatic carboxylic acids is 1. The van der Waals surface area contributed by atoms with Crippen molar-refractivity contribution in [1.82, 2.24) is 4.90 Å². The van der Waals surface area contributed by atoms with Gasteiger partial charge >= 0.3 is 5.97 Å². The van der Waals surface area contributed by atoms with Crippen molar-refractivity contribution in [3.8, 4) is 5.75 Å². The van der Waals surface area contributed by atoms with Gasteiger partial charge in [-0.2, -0.15) is 0 Å². The van der Waals surface area contributed by atoms with E-state index in [1.807, 2.05) is 12.1 Å². The fraction of sp³-hybridized carbons (Fsp3) is 0.214. The van der Waals surface area contributed by atoms with Gasteiger partial charge in [-0.3, -0.25) is 9.69 Å². The summed E-state index contributed by atoms with van der Waals surface area (Å²) in [4.78, 5) is 24.8. The van der Waals surface area contributed by atoms with E-state index in [2.05, 4.69) is 0 Å². The Bertz CT molecular complexity index is 642. The van der Waals surface area contributed by atoms with E-state index in [1.165, 1.54) is 6.92 Å². The van der Waals surface area contributed by atoms with Crippen molar-refractivity contribution in [1.29, 1.82) is 0 Å². The van der Waals surface area contributed by atoms with Gasteiger partial charge in [0.25, 0.3) is 5.91 Å². The number of thiocarbonyl (C=S) groups is 1. The second-order valence-electron chi connectivity index (χ2n) is 4.34. The highest BCUT2D eigenvalue weighted by Gasteiger charge is 2.38. The van der Waals surface area contributed by atoms with Gasteiger partial charge in [-0.15, -0.1) is 0 Å². The minimum Gasteiger partial charge on any atom is -0.497 e. The van der Waals surface area contributed by atoms with Crippen molar-refractivity contribution in [3.63, 3.8) is 0 Å². The predicted octanol–water partition coefficient (Wildman–Crippen LogP) is 2.37. The molecule has 1 heterocycles. The first-order chi connectivity index (χ1) is 9.93. The fourth-order valence-corrected chi connectivity index (χ4v) is 3.23. The van der Waals surface area contributed by atoms with E-state index >= 15 is 0 Å². The van der Waals surface area contributed by atoms with E-state index in [0.717, 1.165) is 22.2 Å². The zero-order chi connectivity index (χ0) is 15.6. The third-order valence-corrected chi connectivity index (χ3v) is 4.29. The molecule has 0 spiro atoms. The highest BCUT2D eigenvalue weighted by molar-refractivity contribution is 8.26. The Hall–Kier alpha value is -1.86. The van der Waals surface area contributed by atoms with Gasteiger partial charge in [-0.25, -0.2) is 4.79 Å². The Balaban J connectivity index is 2.29. The number of nitrogens with zero attached hydrogens (tertiary/aromatic N) is 1. The second kappa shape index (κ2) is 6.28. The lowest BCUT2D eigenvalue weighted by Crippen LogP contribution is -2.41. The Morgan fingerprint density at radius 2 is 2.24 bits per heavy atom. The molecule has 7 heteroatoms. The zero-order valence-corrected chi connectivity index (χ0v) is 13.0. The summed E-state index contributed by atoms with van der Waals surface area (Å²) in [7, 11) is 1.56. The maximum Gasteiger partial charge on any atom is 0.326 e. The van der Waals surface area contributed by atoms with Crippen molar-refractivity contribution in [2.24, 2.45) is 0 Å². The lowest BCUT2D eigenvalue weighted by atomic mass is 10.2. The third-order valence-electron chi connectivity index (χ3n) is 2.96. The van der Waals surface area contributed by atoms with Crippen LogP contribution in [0.15, 0.2) is 29.2 Å². The average Bonchev–Trinajstić information content (AvgIpc) is 2.73. The average molecular weight is 323 g/mol. The van der Waals surface area contributed by atoms with Crippen LogP contribution in [0.4, 0.5) is 0 Å². The lowest BCUT2D eigenvalue weighted by Gasteiger charge is -2.18. The number of carboxylic acids is 1. The summed E-state index contributed by atoms with van der Waals surface area (Å²) >= 11 is 6.19. The van der Waals surface area contributed by atoms with Crippen molar-refractivity contribution in [3.05, 3.63) is 34.7 Å². The van der Waals surface area contributed by atoms with E-state index in [-0.39, 0.29) is 10.2 Å². The van der Waals surface area contributed by atoms with Crippen LogP contribution in [0, 0.1) is 0 Å². The Morgan fingerprint density at radius 1 is 1.52 bits per heavy atom. The molecule has 1 unspecified atom stereocenters. The molecular weight excluding hydrogens is 310 g/mol. The smallest absolute Gasteiger partial charge is 0.326 e. The molecule has 1 aliphatic rings. The molecule has 21 heavy (non-hydrogen) atoms. The van der Waals surface area contributed by atoms with Gasteiger partial charge in [-0.1, -0.05) is 36.1 Å². The van der Waals surface area contributed by atoms with Gasteiger partial charge in [-0.05, 0) is 30.7 Å². The second-order valence-corrected chi connectivity index (χ2v) is 6.02. The van der Waals surface area contributed by atoms with Gasteiger partial charge in [0.15, 0.2) is 0 Å². The summed E-state index contributed by atoms with van der Waals surface area (Å²) in [5.41, 5.74) is 0.790. The van der Waals surface area contributed by atoms with Crippen LogP contribution in [-0.2, 0) is 9.59 Å². The third kappa shape index (κ3) is 3.25. The molecule has 110 valence electrons. The summed E-state index contributed by atoms with van der Waals surface area (Å²) in [6.07, 6.45) is 1.68. The minimum atomic E-state index is -1.09. The molecule has 5 nitrogen and oxygen atoms in total. The van der Waals surface area contributed by atoms with Crippen LogP contribution in [0.5, 0.6) is 5.75 Å². The maximum absolute atomic E-state index is 12.3. The lowest BCUT2D eigenvalue weighted by molar-refractivity contribution is -0.144. The van der Waals surface area contributed by atoms with Crippen LogP contribution in [0.2, 0.25) is 0 Å².